The van der Waals surface area contributed by atoms with E-state index >= 15 is 0 Å². The molecule has 6 aliphatic rings. The Hall–Kier alpha value is -3.80. The Bertz CT molecular complexity index is 1980. The second-order valence-electron chi connectivity index (χ2n) is 16.6. The van der Waals surface area contributed by atoms with Crippen LogP contribution < -0.4 is 15.1 Å². The van der Waals surface area contributed by atoms with Crippen molar-refractivity contribution in [3.05, 3.63) is 57.4 Å². The molecule has 0 spiro atoms. The third-order valence-corrected chi connectivity index (χ3v) is 13.9. The maximum absolute atomic E-state index is 14.0. The number of aryl methyl sites for hydroxylation is 1. The molecule has 0 bridgehead atoms. The van der Waals surface area contributed by atoms with Crippen molar-refractivity contribution in [1.29, 1.82) is 0 Å². The molecule has 1 aromatic heterocycles. The zero-order valence-corrected chi connectivity index (χ0v) is 30.2. The van der Waals surface area contributed by atoms with E-state index in [2.05, 4.69) is 23.8 Å². The minimum absolute atomic E-state index is 0.0315. The first-order valence-electron chi connectivity index (χ1n) is 18.5. The molecule has 0 amide bonds. The molecule has 272 valence electrons. The molecule has 1 saturated heterocycles. The van der Waals surface area contributed by atoms with Crippen LogP contribution in [0.5, 0.6) is 5.75 Å². The molecule has 1 aromatic carbocycles. The first-order chi connectivity index (χ1) is 24.2. The number of ketones is 2. The standard InChI is InChI=1S/C40H49N3O8/c1-22-16-27-34-36(33(22)42-14-12-41(5)13-15-42)50-20-23(2)43(34)19-28(35(27)47)37(48)51-21-31(46)40(49)11-9-29-26-7-6-24-17-25(44)8-10-38(24,3)32(26)30(45)18-39(29,40)4/h8,10,16-17,19,23,26,29-30,32,45,49H,6-7,9,11-15,18,20-21H2,1-5H3. The van der Waals surface area contributed by atoms with Crippen molar-refractivity contribution in [3.8, 4) is 5.75 Å². The summed E-state index contributed by atoms with van der Waals surface area (Å²) in [7, 11) is 2.10. The van der Waals surface area contributed by atoms with E-state index in [1.165, 1.54) is 6.20 Å². The minimum atomic E-state index is -1.80. The van der Waals surface area contributed by atoms with Crippen LogP contribution in [0.4, 0.5) is 5.69 Å². The maximum Gasteiger partial charge on any atom is 0.344 e. The van der Waals surface area contributed by atoms with Crippen LogP contribution in [-0.4, -0.2) is 95.4 Å². The number of carbonyl (C=O) groups is 3. The van der Waals surface area contributed by atoms with Gasteiger partial charge < -0.3 is 34.1 Å². The van der Waals surface area contributed by atoms with Crippen molar-refractivity contribution in [2.75, 3.05) is 51.3 Å². The van der Waals surface area contributed by atoms with Crippen LogP contribution in [0.25, 0.3) is 10.9 Å². The number of aliphatic hydroxyl groups is 2. The van der Waals surface area contributed by atoms with Crippen LogP contribution in [0.2, 0.25) is 0 Å². The van der Waals surface area contributed by atoms with Gasteiger partial charge >= 0.3 is 5.97 Å². The molecule has 3 saturated carbocycles. The molecule has 8 unspecified atom stereocenters. The number of fused-ring (bicyclic) bond motifs is 5. The Labute approximate surface area is 297 Å². The van der Waals surface area contributed by atoms with Crippen molar-refractivity contribution in [2.45, 2.75) is 77.5 Å². The second kappa shape index (κ2) is 11.9. The van der Waals surface area contributed by atoms with Gasteiger partial charge in [0.05, 0.1) is 28.7 Å². The molecular formula is C40H49N3O8. The highest BCUT2D eigenvalue weighted by Crippen LogP contribution is 2.67. The molecule has 8 atom stereocenters. The van der Waals surface area contributed by atoms with Crippen LogP contribution >= 0.6 is 0 Å². The van der Waals surface area contributed by atoms with Gasteiger partial charge in [-0.2, -0.15) is 0 Å². The number of allylic oxidation sites excluding steroid dienone is 4. The van der Waals surface area contributed by atoms with E-state index in [9.17, 15) is 29.4 Å². The highest BCUT2D eigenvalue weighted by Gasteiger charge is 2.68. The van der Waals surface area contributed by atoms with Crippen LogP contribution in [0.3, 0.4) is 0 Å². The number of rotatable bonds is 5. The molecule has 11 heteroatoms. The molecule has 51 heavy (non-hydrogen) atoms. The van der Waals surface area contributed by atoms with E-state index in [1.807, 2.05) is 37.5 Å². The zero-order chi connectivity index (χ0) is 36.2. The Morgan fingerprint density at radius 1 is 1.12 bits per heavy atom. The number of benzene rings is 1. The highest BCUT2D eigenvalue weighted by molar-refractivity contribution is 6.01. The summed E-state index contributed by atoms with van der Waals surface area (Å²) >= 11 is 0. The first-order valence-corrected chi connectivity index (χ1v) is 18.5. The highest BCUT2D eigenvalue weighted by atomic mass is 16.5. The summed E-state index contributed by atoms with van der Waals surface area (Å²) in [6.07, 6.45) is 8.46. The zero-order valence-electron chi connectivity index (χ0n) is 30.2. The molecule has 4 fully saturated rings. The SMILES string of the molecule is Cc1cc2c(=O)c(C(=O)OCC(=O)C3(O)CCC4C5CCC6=CC(=O)C=CC6(C)C5C(O)CC43C)cn3c2c(c1N1CCN(C)CC1)OCC3C. The second-order valence-corrected chi connectivity index (χ2v) is 16.6. The molecule has 8 rings (SSSR count). The monoisotopic (exact) mass is 699 g/mol. The molecule has 11 nitrogen and oxygen atoms in total. The number of carbonyl (C=O) groups excluding carboxylic acids is 3. The van der Waals surface area contributed by atoms with E-state index in [1.54, 1.807) is 12.2 Å². The van der Waals surface area contributed by atoms with E-state index in [4.69, 9.17) is 9.47 Å². The van der Waals surface area contributed by atoms with Crippen LogP contribution in [0.15, 0.2) is 40.9 Å². The summed E-state index contributed by atoms with van der Waals surface area (Å²) in [5.41, 5.74) is -0.309. The lowest BCUT2D eigenvalue weighted by molar-refractivity contribution is -0.178. The summed E-state index contributed by atoms with van der Waals surface area (Å²) in [5.74, 6) is -1.02. The van der Waals surface area contributed by atoms with Crippen molar-refractivity contribution in [3.63, 3.8) is 0 Å². The van der Waals surface area contributed by atoms with Gasteiger partial charge in [0, 0.05) is 49.1 Å². The fraction of sp³-hybridized carbons (Fsp3) is 0.600. The van der Waals surface area contributed by atoms with Gasteiger partial charge in [0.1, 0.15) is 17.8 Å². The number of aliphatic hydroxyl groups excluding tert-OH is 1. The molecule has 0 radical (unpaired) electrons. The van der Waals surface area contributed by atoms with Crippen molar-refractivity contribution in [2.24, 2.45) is 28.6 Å². The van der Waals surface area contributed by atoms with Gasteiger partial charge in [-0.3, -0.25) is 14.4 Å². The lowest BCUT2D eigenvalue weighted by Gasteiger charge is -2.59. The third-order valence-electron chi connectivity index (χ3n) is 13.9. The van der Waals surface area contributed by atoms with Gasteiger partial charge in [-0.25, -0.2) is 4.79 Å². The largest absolute Gasteiger partial charge is 0.487 e. The van der Waals surface area contributed by atoms with Gasteiger partial charge in [-0.1, -0.05) is 25.5 Å². The smallest absolute Gasteiger partial charge is 0.344 e. The number of pyridine rings is 1. The van der Waals surface area contributed by atoms with Crippen LogP contribution in [0.1, 0.15) is 74.8 Å². The van der Waals surface area contributed by atoms with Gasteiger partial charge in [0.25, 0.3) is 0 Å². The number of piperazine rings is 1. The fourth-order valence-electron chi connectivity index (χ4n) is 11.1. The number of hydrogen-bond donors (Lipinski definition) is 2. The van der Waals surface area contributed by atoms with Gasteiger partial charge in [0.2, 0.25) is 11.2 Å². The third kappa shape index (κ3) is 4.94. The first kappa shape index (κ1) is 34.3. The summed E-state index contributed by atoms with van der Waals surface area (Å²) in [5, 5.41) is 24.2. The molecule has 2 N–H and O–H groups in total. The fourth-order valence-corrected chi connectivity index (χ4v) is 11.1. The Balaban J connectivity index is 1.04. The number of Topliss-reactive ketones (excluding diaryl/α,β-unsaturated/α-hetero) is 1. The number of hydrogen-bond acceptors (Lipinski definition) is 10. The molecule has 4 aliphatic carbocycles. The topological polar surface area (TPSA) is 139 Å². The summed E-state index contributed by atoms with van der Waals surface area (Å²) in [6.45, 7) is 11.1. The Morgan fingerprint density at radius 2 is 1.86 bits per heavy atom. The Kier molecular flexibility index (Phi) is 7.98. The average Bonchev–Trinajstić information content (AvgIpc) is 3.36. The van der Waals surface area contributed by atoms with E-state index in [0.717, 1.165) is 55.8 Å². The molecule has 2 aliphatic heterocycles. The Morgan fingerprint density at radius 3 is 2.61 bits per heavy atom. The minimum Gasteiger partial charge on any atom is -0.487 e. The van der Waals surface area contributed by atoms with Gasteiger partial charge in [-0.05, 0) is 88.6 Å². The van der Waals surface area contributed by atoms with Gasteiger partial charge in [-0.15, -0.1) is 0 Å². The predicted octanol–water partition coefficient (Wildman–Crippen LogP) is 3.75. The number of anilines is 1. The average molecular weight is 700 g/mol. The number of ether oxygens (including phenoxy) is 2. The lowest BCUT2D eigenvalue weighted by Crippen LogP contribution is -2.61. The summed E-state index contributed by atoms with van der Waals surface area (Å²) < 4.78 is 13.8. The van der Waals surface area contributed by atoms with Crippen molar-refractivity contribution in [1.82, 2.24) is 9.47 Å². The number of nitrogens with zero attached hydrogens (tertiary/aromatic N) is 3. The number of esters is 1. The normalized spacial score (nSPS) is 35.8. The van der Waals surface area contributed by atoms with E-state index in [-0.39, 0.29) is 48.0 Å². The van der Waals surface area contributed by atoms with Gasteiger partial charge in [0.15, 0.2) is 18.1 Å². The quantitative estimate of drug-likeness (QED) is 0.444. The van der Waals surface area contributed by atoms with Crippen molar-refractivity contribution < 1.29 is 34.1 Å². The van der Waals surface area contributed by atoms with Crippen LogP contribution in [0, 0.1) is 35.5 Å². The molecule has 3 heterocycles. The van der Waals surface area contributed by atoms with Crippen molar-refractivity contribution >= 4 is 34.1 Å². The number of aromatic nitrogens is 1. The summed E-state index contributed by atoms with van der Waals surface area (Å²) in [6, 6.07) is 1.66. The van der Waals surface area contributed by atoms with E-state index in [0.29, 0.717) is 29.7 Å². The molecule has 2 aromatic rings. The lowest BCUT2D eigenvalue weighted by atomic mass is 9.46. The predicted molar refractivity (Wildman–Crippen MR) is 191 cm³/mol. The number of likely N-dealkylation sites (N-methyl/N-ethyl adjacent to an activating group) is 1. The van der Waals surface area contributed by atoms with E-state index < -0.39 is 46.3 Å². The van der Waals surface area contributed by atoms with Crippen LogP contribution in [-0.2, 0) is 14.3 Å². The summed E-state index contributed by atoms with van der Waals surface area (Å²) in [4.78, 5) is 58.3. The maximum atomic E-state index is 14.0. The molecular weight excluding hydrogens is 650 g/mol.